The van der Waals surface area contributed by atoms with Crippen molar-refractivity contribution in [2.45, 2.75) is 0 Å². The van der Waals surface area contributed by atoms with Gasteiger partial charge in [0.05, 0.1) is 18.2 Å². The number of fused-ring (bicyclic) bond motifs is 1. The molecule has 0 spiro atoms. The van der Waals surface area contributed by atoms with E-state index in [1.807, 2.05) is 16.5 Å². The first-order chi connectivity index (χ1) is 7.36. The molecular formula is C11H8N2O2. The number of aromatic nitrogens is 2. The van der Waals surface area contributed by atoms with Crippen molar-refractivity contribution in [2.75, 3.05) is 0 Å². The zero-order chi connectivity index (χ0) is 10.3. The summed E-state index contributed by atoms with van der Waals surface area (Å²) in [5.41, 5.74) is 1.49. The molecule has 0 fully saturated rings. The summed E-state index contributed by atoms with van der Waals surface area (Å²) in [4.78, 5) is 3.96. The topological polar surface area (TPSA) is 50.7 Å². The largest absolute Gasteiger partial charge is 0.506 e. The molecule has 4 nitrogen and oxygen atoms in total. The van der Waals surface area contributed by atoms with Crippen molar-refractivity contribution in [3.63, 3.8) is 0 Å². The number of hydrogen-bond acceptors (Lipinski definition) is 3. The van der Waals surface area contributed by atoms with Gasteiger partial charge in [0.2, 0.25) is 0 Å². The predicted octanol–water partition coefficient (Wildman–Crippen LogP) is 2.30. The van der Waals surface area contributed by atoms with Gasteiger partial charge in [-0.25, -0.2) is 0 Å². The van der Waals surface area contributed by atoms with E-state index in [-0.39, 0.29) is 5.75 Å². The summed E-state index contributed by atoms with van der Waals surface area (Å²) in [6.07, 6.45) is 6.67. The lowest BCUT2D eigenvalue weighted by Crippen LogP contribution is -1.86. The first-order valence-corrected chi connectivity index (χ1v) is 4.54. The van der Waals surface area contributed by atoms with Gasteiger partial charge >= 0.3 is 0 Å². The van der Waals surface area contributed by atoms with Crippen LogP contribution in [0.25, 0.3) is 17.0 Å². The molecule has 0 saturated carbocycles. The lowest BCUT2D eigenvalue weighted by molar-refractivity contribution is 0.481. The van der Waals surface area contributed by atoms with Crippen LogP contribution in [-0.2, 0) is 0 Å². The van der Waals surface area contributed by atoms with Gasteiger partial charge < -0.3 is 13.9 Å². The van der Waals surface area contributed by atoms with E-state index in [2.05, 4.69) is 4.98 Å². The van der Waals surface area contributed by atoms with Crippen molar-refractivity contribution < 1.29 is 9.52 Å². The second kappa shape index (κ2) is 2.88. The van der Waals surface area contributed by atoms with E-state index in [1.54, 1.807) is 30.9 Å². The third kappa shape index (κ3) is 1.11. The average Bonchev–Trinajstić information content (AvgIpc) is 2.87. The highest BCUT2D eigenvalue weighted by Crippen LogP contribution is 2.29. The summed E-state index contributed by atoms with van der Waals surface area (Å²) >= 11 is 0. The maximum atomic E-state index is 9.69. The van der Waals surface area contributed by atoms with Gasteiger partial charge in [-0.2, -0.15) is 0 Å². The van der Waals surface area contributed by atoms with Gasteiger partial charge in [-0.1, -0.05) is 0 Å². The monoisotopic (exact) mass is 200 g/mol. The highest BCUT2D eigenvalue weighted by molar-refractivity contribution is 5.70. The van der Waals surface area contributed by atoms with E-state index in [0.717, 1.165) is 11.5 Å². The Hall–Kier alpha value is -2.23. The Bertz CT molecular complexity index is 596. The van der Waals surface area contributed by atoms with Crippen molar-refractivity contribution >= 4 is 5.52 Å². The maximum absolute atomic E-state index is 9.69. The van der Waals surface area contributed by atoms with Crippen molar-refractivity contribution in [1.29, 1.82) is 0 Å². The summed E-state index contributed by atoms with van der Waals surface area (Å²) in [6, 6.07) is 5.32. The molecule has 0 unspecified atom stereocenters. The van der Waals surface area contributed by atoms with Crippen LogP contribution in [0.1, 0.15) is 0 Å². The number of hydrogen-bond donors (Lipinski definition) is 1. The predicted molar refractivity (Wildman–Crippen MR) is 54.6 cm³/mol. The van der Waals surface area contributed by atoms with Crippen LogP contribution in [0, 0.1) is 0 Å². The fourth-order valence-corrected chi connectivity index (χ4v) is 1.65. The van der Waals surface area contributed by atoms with Crippen LogP contribution in [0.15, 0.2) is 47.5 Å². The minimum absolute atomic E-state index is 0.203. The summed E-state index contributed by atoms with van der Waals surface area (Å²) in [7, 11) is 0. The molecule has 3 heterocycles. The standard InChI is InChI=1S/C11H8N2O2/c14-10-6-8(11-2-1-5-15-11)13-4-3-12-7-9(10)13/h1-7,14H. The van der Waals surface area contributed by atoms with Crippen LogP contribution >= 0.6 is 0 Å². The molecule has 0 aliphatic heterocycles. The minimum atomic E-state index is 0.203. The average molecular weight is 200 g/mol. The normalized spacial score (nSPS) is 10.9. The molecule has 15 heavy (non-hydrogen) atoms. The molecule has 3 aromatic heterocycles. The fourth-order valence-electron chi connectivity index (χ4n) is 1.65. The van der Waals surface area contributed by atoms with Crippen LogP contribution in [0.5, 0.6) is 5.75 Å². The van der Waals surface area contributed by atoms with Crippen molar-refractivity contribution in [3.8, 4) is 17.2 Å². The van der Waals surface area contributed by atoms with Gasteiger partial charge in [0, 0.05) is 18.5 Å². The Labute approximate surface area is 85.4 Å². The van der Waals surface area contributed by atoms with Crippen LogP contribution in [0.3, 0.4) is 0 Å². The molecule has 0 atom stereocenters. The third-order valence-corrected chi connectivity index (χ3v) is 2.33. The lowest BCUT2D eigenvalue weighted by atomic mass is 10.3. The van der Waals surface area contributed by atoms with Crippen molar-refractivity contribution in [2.24, 2.45) is 0 Å². The number of furan rings is 1. The van der Waals surface area contributed by atoms with Gasteiger partial charge in [0.25, 0.3) is 0 Å². The Balaban J connectivity index is 2.37. The molecule has 1 N–H and O–H groups in total. The Morgan fingerprint density at radius 2 is 2.33 bits per heavy atom. The van der Waals surface area contributed by atoms with E-state index >= 15 is 0 Å². The summed E-state index contributed by atoms with van der Waals surface area (Å²) in [5, 5.41) is 9.69. The number of nitrogens with zero attached hydrogens (tertiary/aromatic N) is 2. The Kier molecular flexibility index (Phi) is 1.56. The van der Waals surface area contributed by atoms with Crippen LogP contribution in [0.2, 0.25) is 0 Å². The first-order valence-electron chi connectivity index (χ1n) is 4.54. The van der Waals surface area contributed by atoms with E-state index in [9.17, 15) is 5.11 Å². The number of rotatable bonds is 1. The molecule has 0 aliphatic carbocycles. The second-order valence-electron chi connectivity index (χ2n) is 3.22. The van der Waals surface area contributed by atoms with Crippen molar-refractivity contribution in [1.82, 2.24) is 9.38 Å². The second-order valence-corrected chi connectivity index (χ2v) is 3.22. The molecule has 74 valence electrons. The van der Waals surface area contributed by atoms with Crippen LogP contribution in [0.4, 0.5) is 0 Å². The summed E-state index contributed by atoms with van der Waals surface area (Å²) in [6.45, 7) is 0. The summed E-state index contributed by atoms with van der Waals surface area (Å²) in [5.74, 6) is 0.922. The molecule has 0 radical (unpaired) electrons. The van der Waals surface area contributed by atoms with Gasteiger partial charge in [0.15, 0.2) is 5.76 Å². The van der Waals surface area contributed by atoms with Gasteiger partial charge in [0.1, 0.15) is 11.3 Å². The van der Waals surface area contributed by atoms with E-state index < -0.39 is 0 Å². The SMILES string of the molecule is Oc1cc(-c2ccco2)n2ccncc12. The molecule has 0 bridgehead atoms. The molecule has 3 aromatic rings. The number of aromatic hydroxyl groups is 1. The zero-order valence-corrected chi connectivity index (χ0v) is 7.79. The third-order valence-electron chi connectivity index (χ3n) is 2.33. The van der Waals surface area contributed by atoms with Crippen molar-refractivity contribution in [3.05, 3.63) is 43.1 Å². The molecular weight excluding hydrogens is 192 g/mol. The molecule has 0 saturated heterocycles. The molecule has 0 aliphatic rings. The smallest absolute Gasteiger partial charge is 0.150 e. The van der Waals surface area contributed by atoms with Gasteiger partial charge in [-0.15, -0.1) is 0 Å². The Morgan fingerprint density at radius 3 is 3.13 bits per heavy atom. The van der Waals surface area contributed by atoms with E-state index in [1.165, 1.54) is 0 Å². The van der Waals surface area contributed by atoms with Crippen LogP contribution in [-0.4, -0.2) is 14.5 Å². The Morgan fingerprint density at radius 1 is 1.40 bits per heavy atom. The highest BCUT2D eigenvalue weighted by Gasteiger charge is 2.10. The lowest BCUT2D eigenvalue weighted by Gasteiger charge is -1.97. The van der Waals surface area contributed by atoms with E-state index in [4.69, 9.17) is 4.42 Å². The van der Waals surface area contributed by atoms with Gasteiger partial charge in [-0.3, -0.25) is 4.98 Å². The van der Waals surface area contributed by atoms with Crippen LogP contribution < -0.4 is 0 Å². The van der Waals surface area contributed by atoms with Gasteiger partial charge in [-0.05, 0) is 12.1 Å². The molecule has 0 amide bonds. The van der Waals surface area contributed by atoms with E-state index in [0.29, 0.717) is 5.52 Å². The first kappa shape index (κ1) is 8.11. The minimum Gasteiger partial charge on any atom is -0.506 e. The maximum Gasteiger partial charge on any atom is 0.150 e. The summed E-state index contributed by atoms with van der Waals surface area (Å²) < 4.78 is 7.12. The quantitative estimate of drug-likeness (QED) is 0.655. The molecule has 3 rings (SSSR count). The zero-order valence-electron chi connectivity index (χ0n) is 7.79. The highest BCUT2D eigenvalue weighted by atomic mass is 16.3. The molecule has 4 heteroatoms. The molecule has 0 aromatic carbocycles. The fraction of sp³-hybridized carbons (Fsp3) is 0.